The molecule has 2 heteroatoms. The monoisotopic (exact) mass is 150 g/mol. The van der Waals surface area contributed by atoms with Gasteiger partial charge in [0.25, 0.3) is 0 Å². The van der Waals surface area contributed by atoms with Gasteiger partial charge in [0.15, 0.2) is 0 Å². The minimum Gasteiger partial charge on any atom is -0.397 e. The SMILES string of the molecule is C.CC=O.CCC.CCO. The van der Waals surface area contributed by atoms with Crippen LogP contribution in [-0.2, 0) is 4.79 Å². The zero-order valence-corrected chi connectivity index (χ0v) is 6.85. The largest absolute Gasteiger partial charge is 0.397 e. The smallest absolute Gasteiger partial charge is 0.116 e. The number of hydrogen-bond acceptors (Lipinski definition) is 2. The van der Waals surface area contributed by atoms with Crippen molar-refractivity contribution < 1.29 is 9.90 Å². The molecule has 0 unspecified atom stereocenters. The van der Waals surface area contributed by atoms with Crippen LogP contribution in [0.25, 0.3) is 0 Å². The van der Waals surface area contributed by atoms with E-state index in [0.29, 0.717) is 0 Å². The molecule has 0 aromatic rings. The highest BCUT2D eigenvalue weighted by Gasteiger charge is 1.35. The first kappa shape index (κ1) is 22.6. The second-order valence-corrected chi connectivity index (χ2v) is 1.26. The summed E-state index contributed by atoms with van der Waals surface area (Å²) in [5.74, 6) is 0. The topological polar surface area (TPSA) is 37.3 Å². The summed E-state index contributed by atoms with van der Waals surface area (Å²) in [6.45, 7) is 7.62. The number of aliphatic hydroxyl groups is 1. The van der Waals surface area contributed by atoms with E-state index in [1.165, 1.54) is 13.3 Å². The third kappa shape index (κ3) is 2450. The number of carbonyl (C=O) groups is 1. The molecule has 0 saturated carbocycles. The van der Waals surface area contributed by atoms with Crippen LogP contribution in [0.2, 0.25) is 0 Å². The number of carbonyl (C=O) groups excluding carboxylic acids is 1. The lowest BCUT2D eigenvalue weighted by molar-refractivity contribution is -0.106. The van der Waals surface area contributed by atoms with Crippen LogP contribution in [0.4, 0.5) is 0 Å². The molecule has 0 aliphatic heterocycles. The van der Waals surface area contributed by atoms with E-state index in [0.717, 1.165) is 6.29 Å². The van der Waals surface area contributed by atoms with Gasteiger partial charge in [-0.3, -0.25) is 0 Å². The molecule has 0 aliphatic rings. The molecule has 0 aliphatic carbocycles. The highest BCUT2D eigenvalue weighted by atomic mass is 16.2. The molecule has 0 atom stereocenters. The summed E-state index contributed by atoms with van der Waals surface area (Å²) in [7, 11) is 0. The molecule has 0 heterocycles. The van der Waals surface area contributed by atoms with Gasteiger partial charge in [0.2, 0.25) is 0 Å². The van der Waals surface area contributed by atoms with Crippen molar-refractivity contribution in [2.24, 2.45) is 0 Å². The van der Waals surface area contributed by atoms with E-state index in [1.807, 2.05) is 0 Å². The van der Waals surface area contributed by atoms with Gasteiger partial charge in [-0.1, -0.05) is 27.7 Å². The van der Waals surface area contributed by atoms with E-state index in [4.69, 9.17) is 9.90 Å². The lowest BCUT2D eigenvalue weighted by Gasteiger charge is -1.52. The zero-order chi connectivity index (χ0) is 8.12. The lowest BCUT2D eigenvalue weighted by Crippen LogP contribution is -1.57. The Hall–Kier alpha value is -0.370. The van der Waals surface area contributed by atoms with Crippen LogP contribution in [0.15, 0.2) is 0 Å². The molecule has 0 bridgehead atoms. The minimum absolute atomic E-state index is 0. The van der Waals surface area contributed by atoms with Crippen molar-refractivity contribution in [1.82, 2.24) is 0 Å². The van der Waals surface area contributed by atoms with Gasteiger partial charge in [-0.15, -0.1) is 0 Å². The molecule has 0 fully saturated rings. The number of aldehydes is 1. The van der Waals surface area contributed by atoms with Crippen LogP contribution in [0.1, 0.15) is 41.5 Å². The maximum absolute atomic E-state index is 8.81. The molecule has 10 heavy (non-hydrogen) atoms. The maximum Gasteiger partial charge on any atom is 0.116 e. The molecule has 0 radical (unpaired) electrons. The van der Waals surface area contributed by atoms with Crippen molar-refractivity contribution >= 4 is 6.29 Å². The van der Waals surface area contributed by atoms with Crippen LogP contribution in [0.5, 0.6) is 0 Å². The standard InChI is InChI=1S/C3H8.C2H6O.C2H4O.CH4/c1-3-2;2*1-2-3;/h3H2,1-2H3;3H,2H2,1H3;2H,1H3;1H4. The Balaban J connectivity index is -0.0000000257. The molecule has 0 amide bonds. The highest BCUT2D eigenvalue weighted by molar-refractivity contribution is 5.44. The lowest BCUT2D eigenvalue weighted by atomic mass is 10.6. The van der Waals surface area contributed by atoms with Crippen molar-refractivity contribution in [3.05, 3.63) is 0 Å². The van der Waals surface area contributed by atoms with Gasteiger partial charge >= 0.3 is 0 Å². The molecule has 0 aromatic heterocycles. The van der Waals surface area contributed by atoms with Crippen LogP contribution < -0.4 is 0 Å². The predicted molar refractivity (Wildman–Crippen MR) is 47.2 cm³/mol. The Morgan fingerprint density at radius 1 is 1.30 bits per heavy atom. The first-order valence-corrected chi connectivity index (χ1v) is 3.25. The molecule has 1 N–H and O–H groups in total. The van der Waals surface area contributed by atoms with Crippen molar-refractivity contribution in [2.75, 3.05) is 6.61 Å². The van der Waals surface area contributed by atoms with Gasteiger partial charge in [0.1, 0.15) is 6.29 Å². The molecule has 66 valence electrons. The second kappa shape index (κ2) is 72.6. The average Bonchev–Trinajstić information content (AvgIpc) is 1.70. The zero-order valence-electron chi connectivity index (χ0n) is 6.85. The summed E-state index contributed by atoms with van der Waals surface area (Å²) < 4.78 is 0. The van der Waals surface area contributed by atoms with E-state index >= 15 is 0 Å². The average molecular weight is 150 g/mol. The normalized spacial score (nSPS) is 4.90. The van der Waals surface area contributed by atoms with E-state index in [9.17, 15) is 0 Å². The highest BCUT2D eigenvalue weighted by Crippen LogP contribution is 1.56. The van der Waals surface area contributed by atoms with E-state index in [-0.39, 0.29) is 14.0 Å². The van der Waals surface area contributed by atoms with Crippen molar-refractivity contribution in [1.29, 1.82) is 0 Å². The summed E-state index contributed by atoms with van der Waals surface area (Å²) in [5.41, 5.74) is 0. The van der Waals surface area contributed by atoms with E-state index in [1.54, 1.807) is 6.92 Å². The Bertz CT molecular complexity index is 26.4. The molecule has 0 aromatic carbocycles. The van der Waals surface area contributed by atoms with E-state index < -0.39 is 0 Å². The number of rotatable bonds is 0. The molecule has 0 rings (SSSR count). The van der Waals surface area contributed by atoms with Gasteiger partial charge in [0.05, 0.1) is 0 Å². The van der Waals surface area contributed by atoms with Crippen molar-refractivity contribution in [3.8, 4) is 0 Å². The Morgan fingerprint density at radius 2 is 1.30 bits per heavy atom. The third-order valence-electron chi connectivity index (χ3n) is 0. The third-order valence-corrected chi connectivity index (χ3v) is 0. The molecule has 2 nitrogen and oxygen atoms in total. The minimum atomic E-state index is 0. The fourth-order valence-corrected chi connectivity index (χ4v) is 0. The van der Waals surface area contributed by atoms with Crippen LogP contribution in [0.3, 0.4) is 0 Å². The summed E-state index contributed by atoms with van der Waals surface area (Å²) in [5, 5.41) is 7.57. The van der Waals surface area contributed by atoms with Gasteiger partial charge in [0, 0.05) is 6.61 Å². The van der Waals surface area contributed by atoms with E-state index in [2.05, 4.69) is 13.8 Å². The van der Waals surface area contributed by atoms with Crippen LogP contribution in [0, 0.1) is 0 Å². The second-order valence-electron chi connectivity index (χ2n) is 1.26. The van der Waals surface area contributed by atoms with Gasteiger partial charge in [-0.05, 0) is 13.8 Å². The first-order chi connectivity index (χ1) is 4.24. The first-order valence-electron chi connectivity index (χ1n) is 3.25. The number of aliphatic hydroxyl groups excluding tert-OH is 1. The van der Waals surface area contributed by atoms with Gasteiger partial charge < -0.3 is 9.90 Å². The summed E-state index contributed by atoms with van der Waals surface area (Å²) in [6.07, 6.45) is 2.00. The predicted octanol–water partition coefficient (Wildman–Crippen LogP) is 2.26. The van der Waals surface area contributed by atoms with Gasteiger partial charge in [-0.2, -0.15) is 0 Å². The van der Waals surface area contributed by atoms with Gasteiger partial charge in [-0.25, -0.2) is 0 Å². The fourth-order valence-electron chi connectivity index (χ4n) is 0. The molecule has 0 spiro atoms. The summed E-state index contributed by atoms with van der Waals surface area (Å²) in [4.78, 5) is 8.81. The molecular weight excluding hydrogens is 128 g/mol. The maximum atomic E-state index is 8.81. The quantitative estimate of drug-likeness (QED) is 0.538. The molecular formula is C8H22O2. The summed E-state index contributed by atoms with van der Waals surface area (Å²) in [6, 6.07) is 0. The van der Waals surface area contributed by atoms with Crippen LogP contribution >= 0.6 is 0 Å². The fraction of sp³-hybridized carbons (Fsp3) is 0.875. The Labute approximate surface area is 65.3 Å². The molecule has 0 saturated heterocycles. The Morgan fingerprint density at radius 3 is 1.30 bits per heavy atom. The van der Waals surface area contributed by atoms with Crippen molar-refractivity contribution in [2.45, 2.75) is 41.5 Å². The Kier molecular flexibility index (Phi) is 164. The number of hydrogen-bond donors (Lipinski definition) is 1. The summed E-state index contributed by atoms with van der Waals surface area (Å²) >= 11 is 0. The van der Waals surface area contributed by atoms with Crippen LogP contribution in [-0.4, -0.2) is 18.0 Å². The van der Waals surface area contributed by atoms with Crippen molar-refractivity contribution in [3.63, 3.8) is 0 Å².